The molecule has 0 bridgehead atoms. The van der Waals surface area contributed by atoms with Crippen molar-refractivity contribution in [3.63, 3.8) is 0 Å². The lowest BCUT2D eigenvalue weighted by Gasteiger charge is -2.12. The van der Waals surface area contributed by atoms with Crippen LogP contribution >= 0.6 is 11.6 Å². The Morgan fingerprint density at radius 3 is 2.48 bits per heavy atom. The Hall–Kier alpha value is -1.78. The molecule has 0 aliphatic heterocycles. The molecule has 2 rings (SSSR count). The van der Waals surface area contributed by atoms with Gasteiger partial charge in [-0.05, 0) is 43.2 Å². The average molecular weight is 322 g/mol. The summed E-state index contributed by atoms with van der Waals surface area (Å²) in [5, 5.41) is 0.476. The minimum Gasteiger partial charge on any atom is -0.279 e. The molecule has 21 heavy (non-hydrogen) atoms. The van der Waals surface area contributed by atoms with Gasteiger partial charge in [0.05, 0.1) is 10.6 Å². The molecule has 0 spiro atoms. The summed E-state index contributed by atoms with van der Waals surface area (Å²) in [5.41, 5.74) is 2.30. The van der Waals surface area contributed by atoms with Crippen LogP contribution in [0.25, 0.3) is 0 Å². The van der Waals surface area contributed by atoms with Crippen LogP contribution in [0.4, 0.5) is 5.69 Å². The van der Waals surface area contributed by atoms with Gasteiger partial charge in [0, 0.05) is 5.02 Å². The minimum absolute atomic E-state index is 0.220. The SMILES string of the molecule is C=CCc1ccc(Cl)cc1NS(=O)(=O)c1ccc(C)cc1. The van der Waals surface area contributed by atoms with Crippen molar-refractivity contribution in [3.05, 3.63) is 71.3 Å². The number of nitrogens with one attached hydrogen (secondary N) is 1. The number of hydrogen-bond donors (Lipinski definition) is 1. The number of rotatable bonds is 5. The Balaban J connectivity index is 2.38. The molecule has 2 aromatic rings. The van der Waals surface area contributed by atoms with Crippen molar-refractivity contribution in [1.29, 1.82) is 0 Å². The molecule has 0 atom stereocenters. The molecule has 0 aromatic heterocycles. The molecular weight excluding hydrogens is 306 g/mol. The van der Waals surface area contributed by atoms with E-state index in [-0.39, 0.29) is 4.90 Å². The second kappa shape index (κ2) is 6.33. The summed E-state index contributed by atoms with van der Waals surface area (Å²) in [7, 11) is -3.63. The third kappa shape index (κ3) is 3.86. The van der Waals surface area contributed by atoms with Gasteiger partial charge >= 0.3 is 0 Å². The number of hydrogen-bond acceptors (Lipinski definition) is 2. The van der Waals surface area contributed by atoms with Gasteiger partial charge in [0.2, 0.25) is 0 Å². The Kier molecular flexibility index (Phi) is 4.70. The van der Waals surface area contributed by atoms with E-state index < -0.39 is 10.0 Å². The highest BCUT2D eigenvalue weighted by Gasteiger charge is 2.15. The lowest BCUT2D eigenvalue weighted by atomic mass is 10.1. The maximum atomic E-state index is 12.4. The first-order chi connectivity index (χ1) is 9.92. The van der Waals surface area contributed by atoms with Gasteiger partial charge in [-0.25, -0.2) is 8.42 Å². The topological polar surface area (TPSA) is 46.2 Å². The summed E-state index contributed by atoms with van der Waals surface area (Å²) < 4.78 is 27.4. The summed E-state index contributed by atoms with van der Waals surface area (Å²) in [5.74, 6) is 0. The fraction of sp³-hybridized carbons (Fsp3) is 0.125. The maximum Gasteiger partial charge on any atom is 0.261 e. The van der Waals surface area contributed by atoms with Crippen LogP contribution in [0.15, 0.2) is 60.0 Å². The van der Waals surface area contributed by atoms with Gasteiger partial charge in [-0.15, -0.1) is 6.58 Å². The molecule has 110 valence electrons. The standard InChI is InChI=1S/C16H16ClNO2S/c1-3-4-13-7-8-14(17)11-16(13)18-21(19,20)15-9-5-12(2)6-10-15/h3,5-11,18H,1,4H2,2H3. The molecule has 0 amide bonds. The molecule has 3 nitrogen and oxygen atoms in total. The monoisotopic (exact) mass is 321 g/mol. The minimum atomic E-state index is -3.63. The van der Waals surface area contributed by atoms with E-state index in [1.54, 1.807) is 48.5 Å². The normalized spacial score (nSPS) is 11.1. The molecule has 0 radical (unpaired) electrons. The van der Waals surface area contributed by atoms with Crippen LogP contribution in [0.2, 0.25) is 5.02 Å². The number of aryl methyl sites for hydroxylation is 1. The van der Waals surface area contributed by atoms with Crippen LogP contribution < -0.4 is 4.72 Å². The Morgan fingerprint density at radius 1 is 1.19 bits per heavy atom. The van der Waals surface area contributed by atoms with Gasteiger partial charge < -0.3 is 0 Å². The fourth-order valence-electron chi connectivity index (χ4n) is 1.90. The van der Waals surface area contributed by atoms with E-state index in [1.807, 2.05) is 6.92 Å². The molecular formula is C16H16ClNO2S. The molecule has 0 saturated carbocycles. The maximum absolute atomic E-state index is 12.4. The molecule has 2 aromatic carbocycles. The van der Waals surface area contributed by atoms with Gasteiger partial charge in [0.1, 0.15) is 0 Å². The van der Waals surface area contributed by atoms with Crippen LogP contribution in [-0.2, 0) is 16.4 Å². The zero-order valence-corrected chi connectivity index (χ0v) is 13.2. The summed E-state index contributed by atoms with van der Waals surface area (Å²) >= 11 is 5.95. The van der Waals surface area contributed by atoms with Gasteiger partial charge in [-0.2, -0.15) is 0 Å². The average Bonchev–Trinajstić information content (AvgIpc) is 2.42. The molecule has 1 N–H and O–H groups in total. The first kappa shape index (κ1) is 15.6. The van der Waals surface area contributed by atoms with Crippen molar-refractivity contribution in [2.24, 2.45) is 0 Å². The van der Waals surface area contributed by atoms with Gasteiger partial charge in [0.15, 0.2) is 0 Å². The Labute approximate surface area is 130 Å². The van der Waals surface area contributed by atoms with Crippen molar-refractivity contribution in [3.8, 4) is 0 Å². The zero-order valence-electron chi connectivity index (χ0n) is 11.6. The second-order valence-electron chi connectivity index (χ2n) is 4.71. The summed E-state index contributed by atoms with van der Waals surface area (Å²) in [4.78, 5) is 0.220. The Bertz CT molecular complexity index is 752. The molecule has 0 unspecified atom stereocenters. The predicted octanol–water partition coefficient (Wildman–Crippen LogP) is 4.18. The molecule has 0 aliphatic rings. The van der Waals surface area contributed by atoms with Crippen LogP contribution in [0.3, 0.4) is 0 Å². The highest BCUT2D eigenvalue weighted by atomic mass is 35.5. The first-order valence-corrected chi connectivity index (χ1v) is 8.27. The lowest BCUT2D eigenvalue weighted by molar-refractivity contribution is 0.601. The van der Waals surface area contributed by atoms with Crippen LogP contribution in [0.1, 0.15) is 11.1 Å². The van der Waals surface area contributed by atoms with E-state index in [4.69, 9.17) is 11.6 Å². The van der Waals surface area contributed by atoms with Crippen LogP contribution in [-0.4, -0.2) is 8.42 Å². The molecule has 0 heterocycles. The number of benzene rings is 2. The largest absolute Gasteiger partial charge is 0.279 e. The highest BCUT2D eigenvalue weighted by Crippen LogP contribution is 2.25. The van der Waals surface area contributed by atoms with E-state index in [9.17, 15) is 8.42 Å². The summed E-state index contributed by atoms with van der Waals surface area (Å²) in [6.45, 7) is 5.58. The molecule has 0 saturated heterocycles. The lowest BCUT2D eigenvalue weighted by Crippen LogP contribution is -2.14. The van der Waals surface area contributed by atoms with Crippen molar-refractivity contribution in [1.82, 2.24) is 0 Å². The summed E-state index contributed by atoms with van der Waals surface area (Å²) in [6, 6.07) is 11.8. The quantitative estimate of drug-likeness (QED) is 0.840. The zero-order chi connectivity index (χ0) is 15.5. The highest BCUT2D eigenvalue weighted by molar-refractivity contribution is 7.92. The van der Waals surface area contributed by atoms with E-state index >= 15 is 0 Å². The van der Waals surface area contributed by atoms with E-state index in [2.05, 4.69) is 11.3 Å². The van der Waals surface area contributed by atoms with E-state index in [0.717, 1.165) is 11.1 Å². The van der Waals surface area contributed by atoms with Gasteiger partial charge in [-0.1, -0.05) is 41.4 Å². The number of sulfonamides is 1. The fourth-order valence-corrected chi connectivity index (χ4v) is 3.16. The molecule has 5 heteroatoms. The number of anilines is 1. The second-order valence-corrected chi connectivity index (χ2v) is 6.83. The van der Waals surface area contributed by atoms with Crippen molar-refractivity contribution < 1.29 is 8.42 Å². The van der Waals surface area contributed by atoms with Crippen molar-refractivity contribution in [2.45, 2.75) is 18.2 Å². The third-order valence-corrected chi connectivity index (χ3v) is 4.63. The van der Waals surface area contributed by atoms with Crippen molar-refractivity contribution in [2.75, 3.05) is 4.72 Å². The van der Waals surface area contributed by atoms with E-state index in [0.29, 0.717) is 17.1 Å². The molecule has 0 aliphatic carbocycles. The smallest absolute Gasteiger partial charge is 0.261 e. The van der Waals surface area contributed by atoms with Gasteiger partial charge in [-0.3, -0.25) is 4.72 Å². The number of halogens is 1. The summed E-state index contributed by atoms with van der Waals surface area (Å²) in [6.07, 6.45) is 2.27. The van der Waals surface area contributed by atoms with Crippen LogP contribution in [0.5, 0.6) is 0 Å². The molecule has 0 fully saturated rings. The predicted molar refractivity (Wildman–Crippen MR) is 87.3 cm³/mol. The van der Waals surface area contributed by atoms with E-state index in [1.165, 1.54) is 0 Å². The first-order valence-electron chi connectivity index (χ1n) is 6.41. The van der Waals surface area contributed by atoms with Crippen LogP contribution in [0, 0.1) is 6.92 Å². The van der Waals surface area contributed by atoms with Crippen molar-refractivity contribution >= 4 is 27.3 Å². The number of allylic oxidation sites excluding steroid dienone is 1. The Morgan fingerprint density at radius 2 is 1.86 bits per heavy atom. The third-order valence-electron chi connectivity index (χ3n) is 3.01. The van der Waals surface area contributed by atoms with Gasteiger partial charge in [0.25, 0.3) is 10.0 Å².